The summed E-state index contributed by atoms with van der Waals surface area (Å²) in [4.78, 5) is 10.3. The van der Waals surface area contributed by atoms with Crippen molar-refractivity contribution >= 4 is 6.29 Å². The first-order chi connectivity index (χ1) is 7.40. The predicted octanol–water partition coefficient (Wildman–Crippen LogP) is 1.89. The third-order valence-electron chi connectivity index (χ3n) is 2.14. The minimum Gasteiger partial charge on any atom is -0.303 e. The van der Waals surface area contributed by atoms with Crippen molar-refractivity contribution in [1.29, 1.82) is 0 Å². The van der Waals surface area contributed by atoms with Gasteiger partial charge in [-0.2, -0.15) is 10.2 Å². The van der Waals surface area contributed by atoms with E-state index in [9.17, 15) is 4.79 Å². The van der Waals surface area contributed by atoms with Gasteiger partial charge in [0.25, 0.3) is 0 Å². The van der Waals surface area contributed by atoms with Gasteiger partial charge in [-0.25, -0.2) is 0 Å². The summed E-state index contributed by atoms with van der Waals surface area (Å²) >= 11 is 0. The molecule has 2 aromatic rings. The molecule has 3 heteroatoms. The molecule has 1 aromatic carbocycles. The Morgan fingerprint density at radius 2 is 1.93 bits per heavy atom. The zero-order chi connectivity index (χ0) is 10.5. The Morgan fingerprint density at radius 3 is 2.53 bits per heavy atom. The van der Waals surface area contributed by atoms with Crippen LogP contribution in [0.5, 0.6) is 0 Å². The van der Waals surface area contributed by atoms with Gasteiger partial charge in [0.1, 0.15) is 6.29 Å². The molecule has 1 heterocycles. The second kappa shape index (κ2) is 4.46. The first-order valence-electron chi connectivity index (χ1n) is 4.71. The third-order valence-corrected chi connectivity index (χ3v) is 2.14. The van der Waals surface area contributed by atoms with Gasteiger partial charge >= 0.3 is 0 Å². The average Bonchev–Trinajstić information content (AvgIpc) is 2.32. The van der Waals surface area contributed by atoms with Crippen LogP contribution in [0.1, 0.15) is 5.56 Å². The number of hydrogen-bond donors (Lipinski definition) is 0. The van der Waals surface area contributed by atoms with Crippen LogP contribution < -0.4 is 0 Å². The number of aromatic nitrogens is 2. The lowest BCUT2D eigenvalue weighted by Gasteiger charge is -2.00. The van der Waals surface area contributed by atoms with Crippen LogP contribution in [0.4, 0.5) is 0 Å². The van der Waals surface area contributed by atoms with Crippen LogP contribution in [0.25, 0.3) is 11.3 Å². The number of carbonyl (C=O) groups excluding carboxylic acids is 1. The third kappa shape index (κ3) is 2.26. The Bertz CT molecular complexity index is 437. The minimum absolute atomic E-state index is 0.459. The summed E-state index contributed by atoms with van der Waals surface area (Å²) in [7, 11) is 0. The maximum atomic E-state index is 10.3. The van der Waals surface area contributed by atoms with E-state index in [-0.39, 0.29) is 0 Å². The van der Waals surface area contributed by atoms with Gasteiger partial charge in [0.2, 0.25) is 0 Å². The van der Waals surface area contributed by atoms with Crippen molar-refractivity contribution < 1.29 is 4.79 Å². The largest absolute Gasteiger partial charge is 0.303 e. The van der Waals surface area contributed by atoms with Crippen molar-refractivity contribution in [2.45, 2.75) is 6.42 Å². The number of rotatable bonds is 3. The van der Waals surface area contributed by atoms with Crippen molar-refractivity contribution in [1.82, 2.24) is 10.2 Å². The highest BCUT2D eigenvalue weighted by Crippen LogP contribution is 2.16. The van der Waals surface area contributed by atoms with Crippen LogP contribution in [0.2, 0.25) is 0 Å². The van der Waals surface area contributed by atoms with Crippen molar-refractivity contribution in [3.8, 4) is 11.3 Å². The molecule has 0 aliphatic heterocycles. The monoisotopic (exact) mass is 198 g/mol. The highest BCUT2D eigenvalue weighted by molar-refractivity contribution is 5.61. The van der Waals surface area contributed by atoms with Gasteiger partial charge in [-0.1, -0.05) is 24.3 Å². The van der Waals surface area contributed by atoms with Gasteiger partial charge in [-0.3, -0.25) is 0 Å². The van der Waals surface area contributed by atoms with Crippen molar-refractivity contribution in [2.24, 2.45) is 0 Å². The van der Waals surface area contributed by atoms with Crippen LogP contribution in [-0.4, -0.2) is 16.5 Å². The second-order valence-corrected chi connectivity index (χ2v) is 3.18. The molecule has 15 heavy (non-hydrogen) atoms. The van der Waals surface area contributed by atoms with Crippen LogP contribution >= 0.6 is 0 Å². The van der Waals surface area contributed by atoms with Gasteiger partial charge in [-0.05, 0) is 17.7 Å². The average molecular weight is 198 g/mol. The highest BCUT2D eigenvalue weighted by atomic mass is 16.1. The molecule has 0 aliphatic carbocycles. The van der Waals surface area contributed by atoms with E-state index in [1.807, 2.05) is 36.4 Å². The fourth-order valence-corrected chi connectivity index (χ4v) is 1.36. The molecule has 0 amide bonds. The Labute approximate surface area is 87.8 Å². The SMILES string of the molecule is O=CCc1ccc(-c2cccnn2)cc1. The van der Waals surface area contributed by atoms with E-state index < -0.39 is 0 Å². The summed E-state index contributed by atoms with van der Waals surface area (Å²) in [6.07, 6.45) is 3.00. The number of nitrogens with zero attached hydrogens (tertiary/aromatic N) is 2. The maximum absolute atomic E-state index is 10.3. The van der Waals surface area contributed by atoms with Gasteiger partial charge < -0.3 is 4.79 Å². The molecule has 0 fully saturated rings. The van der Waals surface area contributed by atoms with Crippen LogP contribution in [0.15, 0.2) is 42.6 Å². The Hall–Kier alpha value is -2.03. The van der Waals surface area contributed by atoms with Crippen molar-refractivity contribution in [3.63, 3.8) is 0 Å². The molecule has 0 aliphatic rings. The first kappa shape index (κ1) is 9.52. The van der Waals surface area contributed by atoms with Crippen LogP contribution in [0.3, 0.4) is 0 Å². The normalized spacial score (nSPS) is 9.87. The number of benzene rings is 1. The zero-order valence-electron chi connectivity index (χ0n) is 8.13. The summed E-state index contributed by atoms with van der Waals surface area (Å²) in [6.45, 7) is 0. The summed E-state index contributed by atoms with van der Waals surface area (Å²) in [5.74, 6) is 0. The highest BCUT2D eigenvalue weighted by Gasteiger charge is 1.98. The summed E-state index contributed by atoms with van der Waals surface area (Å²) in [6, 6.07) is 11.5. The molecule has 1 aromatic heterocycles. The molecular formula is C12H10N2O. The number of carbonyl (C=O) groups is 1. The molecule has 0 bridgehead atoms. The number of hydrogen-bond acceptors (Lipinski definition) is 3. The van der Waals surface area contributed by atoms with Crippen molar-refractivity contribution in [3.05, 3.63) is 48.2 Å². The van der Waals surface area contributed by atoms with Gasteiger partial charge in [0.05, 0.1) is 5.69 Å². The quantitative estimate of drug-likeness (QED) is 0.707. The van der Waals surface area contributed by atoms with Crippen molar-refractivity contribution in [2.75, 3.05) is 0 Å². The minimum atomic E-state index is 0.459. The van der Waals surface area contributed by atoms with E-state index in [1.165, 1.54) is 0 Å². The van der Waals surface area contributed by atoms with Crippen LogP contribution in [-0.2, 0) is 11.2 Å². The molecule has 0 unspecified atom stereocenters. The summed E-state index contributed by atoms with van der Waals surface area (Å²) in [5.41, 5.74) is 2.87. The molecule has 0 N–H and O–H groups in total. The molecule has 74 valence electrons. The van der Waals surface area contributed by atoms with E-state index in [4.69, 9.17) is 0 Å². The molecule has 0 saturated heterocycles. The van der Waals surface area contributed by atoms with Gasteiger partial charge in [0.15, 0.2) is 0 Å². The molecule has 0 radical (unpaired) electrons. The number of aldehydes is 1. The Balaban J connectivity index is 2.28. The second-order valence-electron chi connectivity index (χ2n) is 3.18. The molecule has 0 spiro atoms. The molecule has 2 rings (SSSR count). The summed E-state index contributed by atoms with van der Waals surface area (Å²) in [5, 5.41) is 7.82. The van der Waals surface area contributed by atoms with E-state index in [2.05, 4.69) is 10.2 Å². The predicted molar refractivity (Wildman–Crippen MR) is 57.2 cm³/mol. The molecule has 0 saturated carbocycles. The fraction of sp³-hybridized carbons (Fsp3) is 0.0833. The van der Waals surface area contributed by atoms with Crippen LogP contribution in [0, 0.1) is 0 Å². The van der Waals surface area contributed by atoms with E-state index in [0.717, 1.165) is 23.1 Å². The zero-order valence-corrected chi connectivity index (χ0v) is 8.13. The van der Waals surface area contributed by atoms with E-state index >= 15 is 0 Å². The first-order valence-corrected chi connectivity index (χ1v) is 4.71. The Morgan fingerprint density at radius 1 is 1.13 bits per heavy atom. The molecule has 3 nitrogen and oxygen atoms in total. The van der Waals surface area contributed by atoms with Gasteiger partial charge in [0, 0.05) is 18.2 Å². The maximum Gasteiger partial charge on any atom is 0.124 e. The van der Waals surface area contributed by atoms with E-state index in [1.54, 1.807) is 6.20 Å². The Kier molecular flexibility index (Phi) is 2.83. The van der Waals surface area contributed by atoms with E-state index in [0.29, 0.717) is 6.42 Å². The fourth-order valence-electron chi connectivity index (χ4n) is 1.36. The smallest absolute Gasteiger partial charge is 0.124 e. The molecular weight excluding hydrogens is 188 g/mol. The lowest BCUT2D eigenvalue weighted by atomic mass is 10.1. The lowest BCUT2D eigenvalue weighted by molar-refractivity contribution is -0.107. The standard InChI is InChI=1S/C12H10N2O/c15-9-7-10-3-5-11(6-4-10)12-2-1-8-13-14-12/h1-6,8-9H,7H2. The van der Waals surface area contributed by atoms with Gasteiger partial charge in [-0.15, -0.1) is 0 Å². The lowest BCUT2D eigenvalue weighted by Crippen LogP contribution is -1.88. The topological polar surface area (TPSA) is 42.9 Å². The summed E-state index contributed by atoms with van der Waals surface area (Å²) < 4.78 is 0. The molecule has 0 atom stereocenters.